The quantitative estimate of drug-likeness (QED) is 0.0165. The number of amides is 2. The van der Waals surface area contributed by atoms with E-state index in [0.29, 0.717) is 150 Å². The third kappa shape index (κ3) is 26.5. The van der Waals surface area contributed by atoms with Crippen LogP contribution in [0.5, 0.6) is 23.5 Å². The first kappa shape index (κ1) is 105. The topological polar surface area (TPSA) is 367 Å². The number of ether oxygens (including phenoxy) is 4. The second-order valence-corrected chi connectivity index (χ2v) is 38.8. The van der Waals surface area contributed by atoms with Gasteiger partial charge in [0.05, 0.1) is 132 Å². The zero-order valence-electron chi connectivity index (χ0n) is 79.5. The zero-order valence-corrected chi connectivity index (χ0v) is 87.9. The lowest BCUT2D eigenvalue weighted by Gasteiger charge is -2.41. The van der Waals surface area contributed by atoms with Gasteiger partial charge in [-0.15, -0.1) is 0 Å². The lowest BCUT2D eigenvalue weighted by molar-refractivity contribution is -0.126. The molecule has 0 radical (unpaired) electrons. The molecule has 43 heteroatoms. The molecule has 16 aromatic rings. The third-order valence-corrected chi connectivity index (χ3v) is 28.7. The summed E-state index contributed by atoms with van der Waals surface area (Å²) >= 11 is 49.4. The van der Waals surface area contributed by atoms with Gasteiger partial charge in [0.1, 0.15) is 85.1 Å². The molecule has 33 nitrogen and oxygen atoms in total. The van der Waals surface area contributed by atoms with E-state index in [1.807, 2.05) is 66.9 Å². The maximum absolute atomic E-state index is 14.4. The van der Waals surface area contributed by atoms with Crippen molar-refractivity contribution >= 4 is 237 Å². The predicted octanol–water partition coefficient (Wildman–Crippen LogP) is 24.5. The first-order chi connectivity index (χ1) is 72.1. The summed E-state index contributed by atoms with van der Waals surface area (Å²) in [6.07, 6.45) is 30.6. The highest BCUT2D eigenvalue weighted by molar-refractivity contribution is 9.11. The van der Waals surface area contributed by atoms with E-state index >= 15 is 0 Å². The largest absolute Gasteiger partial charge is 0.474 e. The summed E-state index contributed by atoms with van der Waals surface area (Å²) in [7, 11) is 0. The Morgan fingerprint density at radius 1 is 0.376 bits per heavy atom. The van der Waals surface area contributed by atoms with Gasteiger partial charge in [-0.05, 0) is 166 Å². The van der Waals surface area contributed by atoms with Crippen LogP contribution in [0.3, 0.4) is 0 Å². The Morgan fingerprint density at radius 2 is 0.738 bits per heavy atom. The van der Waals surface area contributed by atoms with Gasteiger partial charge in [0.2, 0.25) is 35.3 Å². The normalized spacial score (nSPS) is 14.8. The molecule has 5 aliphatic heterocycles. The molecular formula is C106H92Br2Cl7FN26O7. The summed E-state index contributed by atoms with van der Waals surface area (Å²) in [5.41, 5.74) is 11.4. The molecule has 0 saturated carbocycles. The van der Waals surface area contributed by atoms with E-state index in [1.165, 1.54) is 62.3 Å². The number of fused-ring (bicyclic) bond motifs is 5. The minimum Gasteiger partial charge on any atom is -0.474 e. The van der Waals surface area contributed by atoms with Gasteiger partial charge in [-0.2, -0.15) is 0 Å². The molecule has 758 valence electrons. The molecule has 2 unspecified atom stereocenters. The molecule has 21 rings (SSSR count). The molecule has 5 fully saturated rings. The number of nitrogens with one attached hydrogen (secondary N) is 5. The Bertz CT molecular complexity index is 7790. The van der Waals surface area contributed by atoms with Crippen molar-refractivity contribution in [1.82, 2.24) is 104 Å². The van der Waals surface area contributed by atoms with Crippen LogP contribution in [0, 0.1) is 11.7 Å². The van der Waals surface area contributed by atoms with Crippen LogP contribution in [0.2, 0.25) is 35.2 Å². The first-order valence-electron chi connectivity index (χ1n) is 46.4. The molecule has 149 heavy (non-hydrogen) atoms. The minimum absolute atomic E-state index is 0.00907. The fourth-order valence-electron chi connectivity index (χ4n) is 16.4. The highest BCUT2D eigenvalue weighted by Crippen LogP contribution is 2.41. The number of allylic oxidation sites excluding steroid dienone is 3. The molecule has 5 saturated heterocycles. The van der Waals surface area contributed by atoms with Gasteiger partial charge < -0.3 is 74.4 Å². The SMILES string of the molecule is C=CC(=C)N1CC(Cc2cc3c(Nc4ccc(Br)c(Cl)c4)ncnc3cn2)C1.C=CC(=C)N1CC(Oc2cc3c(Nc4ccc(Cl)c(Cl)c4F)ncnc3cn2)C1.C=CC(=C)N1CCC(Oc2cc3c(Nc4ccc(Br)c(Cl)c4)ncnc3cn2)CC1.C=CC(=O)N1CCC(Oc2cc3c(Nc4ccc(Cl)c(-c5cnco5)c4)ncnc3cn2)C1.C=CC(=O)N1CCC(Oc2cc3c(Nc4ccc(Cl)c(Cl)c4)ncnc3cn2)C1. The maximum atomic E-state index is 14.4. The van der Waals surface area contributed by atoms with E-state index in [4.69, 9.17) is 105 Å². The Balaban J connectivity index is 0.000000127. The zero-order chi connectivity index (χ0) is 104. The Labute approximate surface area is 906 Å². The van der Waals surface area contributed by atoms with Crippen LogP contribution in [0.4, 0.5) is 61.9 Å². The minimum atomic E-state index is -0.659. The Hall–Kier alpha value is -14.9. The van der Waals surface area contributed by atoms with E-state index in [9.17, 15) is 14.0 Å². The van der Waals surface area contributed by atoms with Crippen molar-refractivity contribution in [3.63, 3.8) is 0 Å². The van der Waals surface area contributed by atoms with Gasteiger partial charge in [-0.25, -0.2) is 79.2 Å². The smallest absolute Gasteiger partial charge is 0.246 e. The van der Waals surface area contributed by atoms with Crippen LogP contribution >= 0.6 is 113 Å². The first-order valence-corrected chi connectivity index (χ1v) is 50.6. The molecule has 5 N–H and O–H groups in total. The second kappa shape index (κ2) is 48.9. The van der Waals surface area contributed by atoms with Crippen molar-refractivity contribution in [3.05, 3.63) is 346 Å². The number of hydrogen-bond donors (Lipinski definition) is 5. The van der Waals surface area contributed by atoms with E-state index < -0.39 is 5.82 Å². The molecule has 0 bridgehead atoms. The third-order valence-electron chi connectivity index (χ3n) is 24.4. The number of carbonyl (C=O) groups excluding carboxylic acids is 2. The van der Waals surface area contributed by atoms with Crippen LogP contribution in [0.15, 0.2) is 304 Å². The number of carbonyl (C=O) groups is 2. The van der Waals surface area contributed by atoms with E-state index in [2.05, 4.69) is 212 Å². The van der Waals surface area contributed by atoms with Crippen molar-refractivity contribution in [2.45, 2.75) is 56.5 Å². The molecule has 0 aliphatic carbocycles. The average Bonchev–Trinajstić information content (AvgIpc) is 1.71. The summed E-state index contributed by atoms with van der Waals surface area (Å²) in [5.74, 6) is 5.15. The number of pyridine rings is 5. The summed E-state index contributed by atoms with van der Waals surface area (Å²) in [4.78, 5) is 103. The second-order valence-electron chi connectivity index (χ2n) is 34.3. The van der Waals surface area contributed by atoms with E-state index in [1.54, 1.807) is 95.4 Å². The summed E-state index contributed by atoms with van der Waals surface area (Å²) in [6, 6.07) is 34.3. The fourth-order valence-corrected chi connectivity index (χ4v) is 18.1. The molecule has 2 amide bonds. The number of piperidine rings is 1. The van der Waals surface area contributed by atoms with E-state index in [0.717, 1.165) is 151 Å². The monoisotopic (exact) mass is 2260 g/mol. The van der Waals surface area contributed by atoms with Gasteiger partial charge in [0, 0.05) is 176 Å². The molecule has 11 aromatic heterocycles. The van der Waals surface area contributed by atoms with Crippen molar-refractivity contribution in [1.29, 1.82) is 0 Å². The summed E-state index contributed by atoms with van der Waals surface area (Å²) < 4.78 is 45.6. The molecule has 16 heterocycles. The molecular weight excluding hydrogens is 2180 g/mol. The lowest BCUT2D eigenvalue weighted by atomic mass is 9.93. The van der Waals surface area contributed by atoms with Gasteiger partial charge in [0.15, 0.2) is 18.0 Å². The number of likely N-dealkylation sites (tertiary alicyclic amines) is 5. The standard InChI is InChI=1S/C23H19ClN6O3.C22H21BrClN5O.C21H19BrClN5.C20H16Cl2FN5O.C20H17Cl2N5O2/c1-2-22(31)30-6-5-15(11-30)33-21-8-17-19(9-26-21)27-12-28-23(17)29-14-3-4-18(24)16(7-14)20-10-25-13-32-20;1-3-14(2)29-8-6-16(7-9-29)30-21-11-17-20(12-25-21)26-13-27-22(17)28-15-4-5-18(23)19(24)10-15;1-3-13(2)28-10-14(11-28)6-16-7-17-20(9-24-16)25-12-26-21(17)27-15-4-5-18(22)19(23)8-15;1-3-11(2)28-8-12(9-28)29-17-6-13-16(7-24-17)25-10-26-20(13)27-15-5-4-14(21)18(22)19(15)23;1-2-19(28)27-6-5-13(10-27)29-18-8-14-17(9-23-18)24-11-25-20(14)26-12-3-4-15(21)16(22)7-12/h2-4,7-10,12-13,15H,1,5-6,11H2,(H,27,28,29);3-5,10-13,16H,1-2,6-9H2,(H,26,27,28);3-5,7-9,12,14H,1-2,6,10-11H2,(H,25,26,27);3-7,10,12H,1-2,8-9H2,(H,25,26,27);2-4,7-9,11,13H,1,5-6,10H2,(H,24,25,26). The molecule has 0 spiro atoms. The highest BCUT2D eigenvalue weighted by Gasteiger charge is 2.33. The van der Waals surface area contributed by atoms with Crippen molar-refractivity contribution in [3.8, 4) is 34.8 Å². The van der Waals surface area contributed by atoms with Gasteiger partial charge >= 0.3 is 0 Å². The van der Waals surface area contributed by atoms with Crippen molar-refractivity contribution in [2.75, 3.05) is 92.0 Å². The number of rotatable bonds is 29. The lowest BCUT2D eigenvalue weighted by Crippen LogP contribution is -2.52. The van der Waals surface area contributed by atoms with Crippen LogP contribution < -0.4 is 45.5 Å². The van der Waals surface area contributed by atoms with Crippen LogP contribution in [0.1, 0.15) is 31.4 Å². The number of halogens is 10. The van der Waals surface area contributed by atoms with Gasteiger partial charge in [-0.3, -0.25) is 14.6 Å². The maximum Gasteiger partial charge on any atom is 0.246 e. The van der Waals surface area contributed by atoms with E-state index in [-0.39, 0.29) is 52.0 Å². The average molecular weight is 2270 g/mol. The number of oxazole rings is 1. The summed E-state index contributed by atoms with van der Waals surface area (Å²) in [5, 5.41) is 22.7. The Morgan fingerprint density at radius 3 is 1.16 bits per heavy atom. The van der Waals surface area contributed by atoms with Gasteiger partial charge in [-0.1, -0.05) is 134 Å². The molecule has 2 atom stereocenters. The van der Waals surface area contributed by atoms with Crippen LogP contribution in [-0.4, -0.2) is 206 Å². The molecule has 5 aliphatic rings. The van der Waals surface area contributed by atoms with Crippen LogP contribution in [-0.2, 0) is 16.0 Å². The highest BCUT2D eigenvalue weighted by atomic mass is 79.9. The summed E-state index contributed by atoms with van der Waals surface area (Å²) in [6.45, 7) is 37.7. The van der Waals surface area contributed by atoms with Gasteiger partial charge in [0.25, 0.3) is 0 Å². The van der Waals surface area contributed by atoms with Crippen LogP contribution in [0.25, 0.3) is 65.8 Å². The number of nitrogens with zero attached hydrogens (tertiary/aromatic N) is 21. The Kier molecular flexibility index (Phi) is 34.6. The number of anilines is 10. The number of benzene rings is 5. The predicted molar refractivity (Wildman–Crippen MR) is 591 cm³/mol. The fraction of sp³-hybridized carbons (Fsp3) is 0.189. The number of aromatic nitrogens is 16. The van der Waals surface area contributed by atoms with Crippen molar-refractivity contribution < 1.29 is 37.3 Å². The number of hydrogen-bond acceptors (Lipinski definition) is 31. The molecule has 5 aromatic carbocycles. The van der Waals surface area contributed by atoms with Crippen molar-refractivity contribution in [2.24, 2.45) is 5.92 Å².